The van der Waals surface area contributed by atoms with E-state index in [1.807, 2.05) is 6.92 Å². The van der Waals surface area contributed by atoms with Crippen molar-refractivity contribution in [2.75, 3.05) is 26.2 Å². The van der Waals surface area contributed by atoms with E-state index >= 15 is 0 Å². The van der Waals surface area contributed by atoms with Crippen LogP contribution < -0.4 is 25.4 Å². The van der Waals surface area contributed by atoms with E-state index < -0.39 is 6.61 Å². The van der Waals surface area contributed by atoms with Crippen LogP contribution in [0.4, 0.5) is 8.78 Å². The Kier molecular flexibility index (Phi) is 13.1. The number of hydrogen-bond acceptors (Lipinski definition) is 4. The summed E-state index contributed by atoms with van der Waals surface area (Å²) in [4.78, 5) is 4.47. The minimum Gasteiger partial charge on any atom is -0.490 e. The van der Waals surface area contributed by atoms with Gasteiger partial charge in [-0.3, -0.25) is 0 Å². The largest absolute Gasteiger partial charge is 0.490 e. The number of halogens is 3. The molecular formula is C19H33F2IN4O2. The fourth-order valence-electron chi connectivity index (χ4n) is 2.30. The van der Waals surface area contributed by atoms with Gasteiger partial charge in [0.1, 0.15) is 0 Å². The SMILES string of the molecule is CCNC(=NCc1cccc(OCC)c1OC(F)F)NCCNC(C)(C)C.I. The number of nitrogens with one attached hydrogen (secondary N) is 3. The lowest BCUT2D eigenvalue weighted by Crippen LogP contribution is -2.44. The fraction of sp³-hybridized carbons (Fsp3) is 0.632. The summed E-state index contributed by atoms with van der Waals surface area (Å²) in [5.74, 6) is 0.930. The van der Waals surface area contributed by atoms with Crippen molar-refractivity contribution in [1.29, 1.82) is 0 Å². The van der Waals surface area contributed by atoms with Gasteiger partial charge in [0.2, 0.25) is 0 Å². The minimum absolute atomic E-state index is 0. The van der Waals surface area contributed by atoms with Crippen LogP contribution in [0.5, 0.6) is 11.5 Å². The molecule has 6 nitrogen and oxygen atoms in total. The molecular weight excluding hydrogens is 481 g/mol. The highest BCUT2D eigenvalue weighted by atomic mass is 127. The first kappa shape index (κ1) is 26.6. The number of benzene rings is 1. The molecule has 3 N–H and O–H groups in total. The zero-order valence-electron chi connectivity index (χ0n) is 17.3. The molecule has 0 heterocycles. The van der Waals surface area contributed by atoms with Gasteiger partial charge in [-0.25, -0.2) is 4.99 Å². The molecule has 0 spiro atoms. The fourth-order valence-corrected chi connectivity index (χ4v) is 2.30. The first-order valence-corrected chi connectivity index (χ1v) is 9.23. The number of hydrogen-bond donors (Lipinski definition) is 3. The zero-order valence-corrected chi connectivity index (χ0v) is 19.6. The van der Waals surface area contributed by atoms with E-state index in [4.69, 9.17) is 4.74 Å². The van der Waals surface area contributed by atoms with Crippen LogP contribution in [0, 0.1) is 0 Å². The van der Waals surface area contributed by atoms with E-state index in [-0.39, 0.29) is 47.6 Å². The van der Waals surface area contributed by atoms with Crippen molar-refractivity contribution in [2.45, 2.75) is 53.3 Å². The van der Waals surface area contributed by atoms with Gasteiger partial charge in [-0.2, -0.15) is 8.78 Å². The molecule has 0 atom stereocenters. The monoisotopic (exact) mass is 514 g/mol. The molecule has 0 aliphatic carbocycles. The molecule has 1 aromatic carbocycles. The van der Waals surface area contributed by atoms with Crippen molar-refractivity contribution in [3.05, 3.63) is 23.8 Å². The number of rotatable bonds is 10. The van der Waals surface area contributed by atoms with Crippen molar-refractivity contribution in [2.24, 2.45) is 4.99 Å². The molecule has 0 unspecified atom stereocenters. The Labute approximate surface area is 183 Å². The van der Waals surface area contributed by atoms with Crippen molar-refractivity contribution in [3.63, 3.8) is 0 Å². The van der Waals surface area contributed by atoms with Gasteiger partial charge in [0.25, 0.3) is 0 Å². The summed E-state index contributed by atoms with van der Waals surface area (Å²) in [6.07, 6.45) is 0. The zero-order chi connectivity index (χ0) is 20.3. The van der Waals surface area contributed by atoms with Gasteiger partial charge in [0, 0.05) is 30.7 Å². The maximum atomic E-state index is 12.8. The molecule has 0 saturated carbocycles. The number of para-hydroxylation sites is 1. The normalized spacial score (nSPS) is 11.8. The molecule has 0 aliphatic heterocycles. The second-order valence-electron chi connectivity index (χ2n) is 6.85. The van der Waals surface area contributed by atoms with E-state index in [2.05, 4.69) is 46.5 Å². The van der Waals surface area contributed by atoms with Gasteiger partial charge in [0.15, 0.2) is 17.5 Å². The summed E-state index contributed by atoms with van der Waals surface area (Å²) >= 11 is 0. The minimum atomic E-state index is -2.93. The molecule has 0 saturated heterocycles. The van der Waals surface area contributed by atoms with E-state index in [0.29, 0.717) is 31.2 Å². The van der Waals surface area contributed by atoms with Crippen LogP contribution >= 0.6 is 24.0 Å². The third-order valence-corrected chi connectivity index (χ3v) is 3.39. The number of guanidine groups is 1. The maximum Gasteiger partial charge on any atom is 0.387 e. The maximum absolute atomic E-state index is 12.8. The standard InChI is InChI=1S/C19H32F2N4O2.HI/c1-6-22-18(23-11-12-25-19(3,4)5)24-13-14-9-8-10-15(26-7-2)16(14)27-17(20)21;/h8-10,17,25H,6-7,11-13H2,1-5H3,(H2,22,23,24);1H. The van der Waals surface area contributed by atoms with E-state index in [1.165, 1.54) is 0 Å². The first-order chi connectivity index (χ1) is 12.8. The Morgan fingerprint density at radius 1 is 1.14 bits per heavy atom. The Balaban J connectivity index is 0.00000729. The van der Waals surface area contributed by atoms with E-state index in [9.17, 15) is 8.78 Å². The van der Waals surface area contributed by atoms with Crippen molar-refractivity contribution in [3.8, 4) is 11.5 Å². The van der Waals surface area contributed by atoms with E-state index in [1.54, 1.807) is 25.1 Å². The lowest BCUT2D eigenvalue weighted by atomic mass is 10.1. The topological polar surface area (TPSA) is 66.9 Å². The summed E-state index contributed by atoms with van der Waals surface area (Å²) in [6, 6.07) is 5.05. The van der Waals surface area contributed by atoms with Crippen molar-refractivity contribution < 1.29 is 18.3 Å². The van der Waals surface area contributed by atoms with Crippen LogP contribution in [0.2, 0.25) is 0 Å². The quantitative estimate of drug-likeness (QED) is 0.192. The molecule has 1 aromatic rings. The predicted molar refractivity (Wildman–Crippen MR) is 120 cm³/mol. The third-order valence-electron chi connectivity index (χ3n) is 3.39. The van der Waals surface area contributed by atoms with Crippen LogP contribution in [0.15, 0.2) is 23.2 Å². The summed E-state index contributed by atoms with van der Waals surface area (Å²) in [5.41, 5.74) is 0.574. The second-order valence-corrected chi connectivity index (χ2v) is 6.85. The Morgan fingerprint density at radius 3 is 2.43 bits per heavy atom. The highest BCUT2D eigenvalue weighted by Gasteiger charge is 2.15. The van der Waals surface area contributed by atoms with Gasteiger partial charge < -0.3 is 25.4 Å². The molecule has 0 fully saturated rings. The lowest BCUT2D eigenvalue weighted by molar-refractivity contribution is -0.0520. The number of nitrogens with zero attached hydrogens (tertiary/aromatic N) is 1. The van der Waals surface area contributed by atoms with Crippen LogP contribution in [-0.2, 0) is 6.54 Å². The van der Waals surface area contributed by atoms with Gasteiger partial charge in [-0.15, -0.1) is 24.0 Å². The Morgan fingerprint density at radius 2 is 1.86 bits per heavy atom. The highest BCUT2D eigenvalue weighted by Crippen LogP contribution is 2.33. The van der Waals surface area contributed by atoms with Crippen molar-refractivity contribution >= 4 is 29.9 Å². The van der Waals surface area contributed by atoms with Gasteiger partial charge in [-0.05, 0) is 40.7 Å². The molecule has 1 rings (SSSR count). The summed E-state index contributed by atoms with van der Waals surface area (Å²) in [6.45, 7) is 9.81. The lowest BCUT2D eigenvalue weighted by Gasteiger charge is -2.21. The van der Waals surface area contributed by atoms with Crippen LogP contribution in [0.25, 0.3) is 0 Å². The first-order valence-electron chi connectivity index (χ1n) is 9.23. The average molecular weight is 514 g/mol. The highest BCUT2D eigenvalue weighted by molar-refractivity contribution is 14.0. The molecule has 0 bridgehead atoms. The predicted octanol–water partition coefficient (Wildman–Crippen LogP) is 3.75. The van der Waals surface area contributed by atoms with Crippen LogP contribution in [0.1, 0.15) is 40.2 Å². The molecule has 28 heavy (non-hydrogen) atoms. The van der Waals surface area contributed by atoms with E-state index in [0.717, 1.165) is 6.54 Å². The third kappa shape index (κ3) is 10.8. The van der Waals surface area contributed by atoms with Crippen molar-refractivity contribution in [1.82, 2.24) is 16.0 Å². The molecule has 0 amide bonds. The second kappa shape index (κ2) is 13.8. The van der Waals surface area contributed by atoms with Gasteiger partial charge in [-0.1, -0.05) is 12.1 Å². The number of alkyl halides is 2. The number of ether oxygens (including phenoxy) is 2. The van der Waals surface area contributed by atoms with Gasteiger partial charge in [0.05, 0.1) is 13.2 Å². The molecule has 0 aromatic heterocycles. The molecule has 0 radical (unpaired) electrons. The summed E-state index contributed by atoms with van der Waals surface area (Å²) in [7, 11) is 0. The van der Waals surface area contributed by atoms with Crippen LogP contribution in [0.3, 0.4) is 0 Å². The molecule has 0 aliphatic rings. The average Bonchev–Trinajstić information content (AvgIpc) is 2.57. The number of aliphatic imine (C=N–C) groups is 1. The molecule has 9 heteroatoms. The van der Waals surface area contributed by atoms with Crippen LogP contribution in [-0.4, -0.2) is 44.4 Å². The summed E-state index contributed by atoms with van der Waals surface area (Å²) in [5, 5.41) is 9.74. The summed E-state index contributed by atoms with van der Waals surface area (Å²) < 4.78 is 35.7. The Bertz CT molecular complexity index is 596. The Hall–Kier alpha value is -1.36. The molecule has 162 valence electrons. The van der Waals surface area contributed by atoms with Gasteiger partial charge >= 0.3 is 6.61 Å². The smallest absolute Gasteiger partial charge is 0.387 e.